The molecule has 3 aromatic carbocycles. The van der Waals surface area contributed by atoms with Gasteiger partial charge in [-0.3, -0.25) is 0 Å². The highest BCUT2D eigenvalue weighted by atomic mass is 19.3. The first-order valence-corrected chi connectivity index (χ1v) is 10.1. The molecule has 0 fully saturated rings. The molecule has 0 radical (unpaired) electrons. The van der Waals surface area contributed by atoms with Crippen LogP contribution >= 0.6 is 0 Å². The van der Waals surface area contributed by atoms with Crippen molar-refractivity contribution in [1.82, 2.24) is 0 Å². The molecule has 1 unspecified atom stereocenters. The molecule has 30 heavy (non-hydrogen) atoms. The maximum Gasteiger partial charge on any atom is 0.270 e. The van der Waals surface area contributed by atoms with Gasteiger partial charge in [0.1, 0.15) is 0 Å². The standard InChI is InChI=1S/C28H24F2/c1-19(2)25(17-20-9-11-22(12-10-20)21-7-5-4-6-8-21)27-18-26(27)23-13-15-24(16-14-23)28(3,29)30/h4-18,27H,1H2,2-3H3/b25-17+. The molecule has 0 spiro atoms. The number of halogens is 2. The lowest BCUT2D eigenvalue weighted by molar-refractivity contribution is 0.0175. The summed E-state index contributed by atoms with van der Waals surface area (Å²) < 4.78 is 26.9. The third kappa shape index (κ3) is 4.33. The fourth-order valence-corrected chi connectivity index (χ4v) is 3.68. The highest BCUT2D eigenvalue weighted by Gasteiger charge is 2.31. The lowest BCUT2D eigenvalue weighted by atomic mass is 9.95. The molecule has 0 saturated carbocycles. The highest BCUT2D eigenvalue weighted by molar-refractivity contribution is 5.87. The van der Waals surface area contributed by atoms with Crippen molar-refractivity contribution in [3.63, 3.8) is 0 Å². The molecule has 1 aliphatic rings. The SMILES string of the molecule is C=C(C)/C(=C\c1ccc(-c2ccccc2)cc1)C1C=C1c1ccc(C(C)(F)F)cc1. The van der Waals surface area contributed by atoms with Crippen molar-refractivity contribution in [2.24, 2.45) is 5.92 Å². The second-order valence-electron chi connectivity index (χ2n) is 7.93. The molecule has 4 rings (SSSR count). The van der Waals surface area contributed by atoms with Crippen LogP contribution < -0.4 is 0 Å². The molecule has 0 heterocycles. The van der Waals surface area contributed by atoms with Gasteiger partial charge in [0.15, 0.2) is 0 Å². The Kier molecular flexibility index (Phi) is 5.26. The van der Waals surface area contributed by atoms with Gasteiger partial charge < -0.3 is 0 Å². The van der Waals surface area contributed by atoms with Gasteiger partial charge in [0.2, 0.25) is 0 Å². The lowest BCUT2D eigenvalue weighted by Crippen LogP contribution is -2.06. The van der Waals surface area contributed by atoms with E-state index in [4.69, 9.17) is 0 Å². The minimum Gasteiger partial charge on any atom is -0.202 e. The van der Waals surface area contributed by atoms with Crippen molar-refractivity contribution in [2.45, 2.75) is 19.8 Å². The van der Waals surface area contributed by atoms with Gasteiger partial charge in [-0.1, -0.05) is 103 Å². The zero-order chi connectivity index (χ0) is 21.3. The Labute approximate surface area is 176 Å². The predicted molar refractivity (Wildman–Crippen MR) is 122 cm³/mol. The van der Waals surface area contributed by atoms with Crippen LogP contribution in [0.5, 0.6) is 0 Å². The van der Waals surface area contributed by atoms with Crippen molar-refractivity contribution >= 4 is 11.6 Å². The first-order chi connectivity index (χ1) is 14.3. The van der Waals surface area contributed by atoms with Gasteiger partial charge in [0, 0.05) is 18.4 Å². The third-order valence-corrected chi connectivity index (χ3v) is 5.47. The molecule has 0 amide bonds. The molecule has 150 valence electrons. The summed E-state index contributed by atoms with van der Waals surface area (Å²) in [6, 6.07) is 25.4. The zero-order valence-electron chi connectivity index (χ0n) is 17.2. The molecule has 0 saturated heterocycles. The van der Waals surface area contributed by atoms with Crippen molar-refractivity contribution < 1.29 is 8.78 Å². The molecule has 3 aromatic rings. The Morgan fingerprint density at radius 2 is 1.40 bits per heavy atom. The van der Waals surface area contributed by atoms with E-state index in [1.54, 1.807) is 12.1 Å². The molecule has 0 nitrogen and oxygen atoms in total. The second-order valence-corrected chi connectivity index (χ2v) is 7.93. The minimum atomic E-state index is -2.81. The summed E-state index contributed by atoms with van der Waals surface area (Å²) in [5, 5.41) is 0. The molecule has 1 atom stereocenters. The summed E-state index contributed by atoms with van der Waals surface area (Å²) in [5.41, 5.74) is 7.85. The molecular weight excluding hydrogens is 374 g/mol. The van der Waals surface area contributed by atoms with Gasteiger partial charge in [-0.25, -0.2) is 8.78 Å². The number of rotatable bonds is 6. The summed E-state index contributed by atoms with van der Waals surface area (Å²) in [6.45, 7) is 7.08. The smallest absolute Gasteiger partial charge is 0.202 e. The molecular formula is C28H24F2. The number of hydrogen-bond acceptors (Lipinski definition) is 0. The fraction of sp³-hybridized carbons (Fsp3) is 0.143. The van der Waals surface area contributed by atoms with Gasteiger partial charge >= 0.3 is 0 Å². The number of benzene rings is 3. The van der Waals surface area contributed by atoms with Crippen LogP contribution in [0.4, 0.5) is 8.78 Å². The van der Waals surface area contributed by atoms with E-state index in [0.717, 1.165) is 34.8 Å². The Balaban J connectivity index is 1.53. The third-order valence-electron chi connectivity index (χ3n) is 5.47. The first kappa shape index (κ1) is 20.0. The largest absolute Gasteiger partial charge is 0.270 e. The summed E-state index contributed by atoms with van der Waals surface area (Å²) in [7, 11) is 0. The van der Waals surface area contributed by atoms with Crippen LogP contribution in [0, 0.1) is 5.92 Å². The molecule has 0 bridgehead atoms. The van der Waals surface area contributed by atoms with Crippen LogP contribution in [0.25, 0.3) is 22.8 Å². The van der Waals surface area contributed by atoms with Gasteiger partial charge in [0.05, 0.1) is 0 Å². The van der Waals surface area contributed by atoms with Crippen LogP contribution in [0.2, 0.25) is 0 Å². The summed E-state index contributed by atoms with van der Waals surface area (Å²) in [6.07, 6.45) is 4.33. The van der Waals surface area contributed by atoms with Crippen LogP contribution in [0.1, 0.15) is 30.5 Å². The van der Waals surface area contributed by atoms with Gasteiger partial charge in [0.25, 0.3) is 5.92 Å². The fourth-order valence-electron chi connectivity index (χ4n) is 3.68. The average Bonchev–Trinajstić information content (AvgIpc) is 3.53. The lowest BCUT2D eigenvalue weighted by Gasteiger charge is -2.12. The monoisotopic (exact) mass is 398 g/mol. The van der Waals surface area contributed by atoms with Crippen LogP contribution in [-0.2, 0) is 5.92 Å². The highest BCUT2D eigenvalue weighted by Crippen LogP contribution is 2.46. The van der Waals surface area contributed by atoms with Gasteiger partial charge in [-0.15, -0.1) is 0 Å². The van der Waals surface area contributed by atoms with E-state index >= 15 is 0 Å². The van der Waals surface area contributed by atoms with E-state index in [1.807, 2.05) is 25.1 Å². The van der Waals surface area contributed by atoms with Crippen molar-refractivity contribution in [3.8, 4) is 11.1 Å². The van der Waals surface area contributed by atoms with Crippen molar-refractivity contribution in [1.29, 1.82) is 0 Å². The molecule has 1 aliphatic carbocycles. The van der Waals surface area contributed by atoms with E-state index in [9.17, 15) is 8.78 Å². The average molecular weight is 398 g/mol. The predicted octanol–water partition coefficient (Wildman–Crippen LogP) is 8.14. The Bertz CT molecular complexity index is 1110. The van der Waals surface area contributed by atoms with E-state index in [2.05, 4.69) is 55.1 Å². The zero-order valence-corrected chi connectivity index (χ0v) is 17.2. The number of allylic oxidation sites excluding steroid dienone is 4. The quantitative estimate of drug-likeness (QED) is 0.368. The minimum absolute atomic E-state index is 0.0400. The summed E-state index contributed by atoms with van der Waals surface area (Å²) >= 11 is 0. The first-order valence-electron chi connectivity index (χ1n) is 10.1. The van der Waals surface area contributed by atoms with Gasteiger partial charge in [-0.2, -0.15) is 0 Å². The molecule has 2 heteroatoms. The van der Waals surface area contributed by atoms with Crippen molar-refractivity contribution in [2.75, 3.05) is 0 Å². The summed E-state index contributed by atoms with van der Waals surface area (Å²) in [4.78, 5) is 0. The molecule has 0 aliphatic heterocycles. The van der Waals surface area contributed by atoms with Crippen molar-refractivity contribution in [3.05, 3.63) is 119 Å². The van der Waals surface area contributed by atoms with Crippen LogP contribution in [-0.4, -0.2) is 0 Å². The van der Waals surface area contributed by atoms with E-state index in [1.165, 1.54) is 23.3 Å². The normalized spacial score (nSPS) is 16.2. The summed E-state index contributed by atoms with van der Waals surface area (Å²) in [5.74, 6) is -2.63. The number of alkyl halides is 2. The van der Waals surface area contributed by atoms with Crippen LogP contribution in [0.3, 0.4) is 0 Å². The van der Waals surface area contributed by atoms with E-state index < -0.39 is 5.92 Å². The van der Waals surface area contributed by atoms with Gasteiger partial charge in [-0.05, 0) is 40.3 Å². The Morgan fingerprint density at radius 3 is 1.97 bits per heavy atom. The Hall–Kier alpha value is -3.26. The second kappa shape index (κ2) is 7.87. The van der Waals surface area contributed by atoms with Crippen LogP contribution in [0.15, 0.2) is 103 Å². The number of hydrogen-bond donors (Lipinski definition) is 0. The van der Waals surface area contributed by atoms with E-state index in [0.29, 0.717) is 0 Å². The maximum atomic E-state index is 13.5. The molecule has 0 aromatic heterocycles. The molecule has 0 N–H and O–H groups in total. The Morgan fingerprint density at radius 1 is 0.833 bits per heavy atom. The topological polar surface area (TPSA) is 0 Å². The maximum absolute atomic E-state index is 13.5. The van der Waals surface area contributed by atoms with E-state index in [-0.39, 0.29) is 11.5 Å².